The molecule has 28 heavy (non-hydrogen) atoms. The summed E-state index contributed by atoms with van der Waals surface area (Å²) < 4.78 is 13.6. The molecule has 0 amide bonds. The van der Waals surface area contributed by atoms with Crippen molar-refractivity contribution in [3.8, 4) is 0 Å². The summed E-state index contributed by atoms with van der Waals surface area (Å²) in [6, 6.07) is 38.8. The molecule has 0 N–H and O–H groups in total. The van der Waals surface area contributed by atoms with E-state index in [1.54, 1.807) is 12.1 Å². The molecule has 0 fully saturated rings. The normalized spacial score (nSPS) is 12.9. The van der Waals surface area contributed by atoms with E-state index in [-0.39, 0.29) is 5.82 Å². The Kier molecular flexibility index (Phi) is 5.19. The van der Waals surface area contributed by atoms with Crippen molar-refractivity contribution in [2.24, 2.45) is 0 Å². The molecule has 0 aliphatic carbocycles. The number of hydrogen-bond donors (Lipinski definition) is 0. The molecule has 3 heteroatoms. The first-order chi connectivity index (χ1) is 13.6. The second kappa shape index (κ2) is 7.62. The van der Waals surface area contributed by atoms with Gasteiger partial charge >= 0.3 is 174 Å². The molecule has 0 saturated heterocycles. The van der Waals surface area contributed by atoms with Gasteiger partial charge in [0, 0.05) is 0 Å². The van der Waals surface area contributed by atoms with Crippen LogP contribution in [-0.2, 0) is 6.16 Å². The van der Waals surface area contributed by atoms with Crippen LogP contribution in [0.1, 0.15) is 5.56 Å². The van der Waals surface area contributed by atoms with Crippen molar-refractivity contribution in [2.75, 3.05) is 0 Å². The fourth-order valence-electron chi connectivity index (χ4n) is 3.87. The molecule has 0 unspecified atom stereocenters. The van der Waals surface area contributed by atoms with E-state index >= 15 is 0 Å². The standard InChI is InChI=1S/C25H21BrFP/c26-28(23-10-4-1-5-11-23,24-12-6-2-7-13-24,25-14-8-3-9-15-25)20-21-16-18-22(27)19-17-21/h1-19H,20H2. The van der Waals surface area contributed by atoms with Crippen LogP contribution in [-0.4, -0.2) is 0 Å². The van der Waals surface area contributed by atoms with Crippen LogP contribution in [0.2, 0.25) is 0 Å². The van der Waals surface area contributed by atoms with Gasteiger partial charge in [-0.05, 0) is 0 Å². The third-order valence-corrected chi connectivity index (χ3v) is 14.8. The minimum absolute atomic E-state index is 0.210. The fourth-order valence-corrected chi connectivity index (χ4v) is 11.6. The Morgan fingerprint density at radius 1 is 0.536 bits per heavy atom. The van der Waals surface area contributed by atoms with Gasteiger partial charge in [-0.15, -0.1) is 0 Å². The molecule has 0 heterocycles. The zero-order chi connectivity index (χ0) is 19.5. The molecule has 4 rings (SSSR count). The first kappa shape index (κ1) is 19.1. The van der Waals surface area contributed by atoms with Crippen LogP contribution >= 0.6 is 20.8 Å². The van der Waals surface area contributed by atoms with Crippen molar-refractivity contribution in [1.82, 2.24) is 0 Å². The van der Waals surface area contributed by atoms with Crippen molar-refractivity contribution in [3.63, 3.8) is 0 Å². The van der Waals surface area contributed by atoms with Crippen molar-refractivity contribution in [2.45, 2.75) is 6.16 Å². The van der Waals surface area contributed by atoms with Gasteiger partial charge in [0.25, 0.3) is 0 Å². The maximum absolute atomic E-state index is 13.6. The summed E-state index contributed by atoms with van der Waals surface area (Å²) >= 11 is 4.41. The van der Waals surface area contributed by atoms with E-state index < -0.39 is 5.31 Å². The molecular formula is C25H21BrFP. The third-order valence-electron chi connectivity index (χ3n) is 5.28. The predicted molar refractivity (Wildman–Crippen MR) is 124 cm³/mol. The van der Waals surface area contributed by atoms with Gasteiger partial charge in [-0.25, -0.2) is 0 Å². The molecular weight excluding hydrogens is 430 g/mol. The average molecular weight is 451 g/mol. The summed E-state index contributed by atoms with van der Waals surface area (Å²) in [6.07, 6.45) is 0.768. The van der Waals surface area contributed by atoms with Gasteiger partial charge in [0.2, 0.25) is 0 Å². The average Bonchev–Trinajstić information content (AvgIpc) is 2.77. The van der Waals surface area contributed by atoms with E-state index in [9.17, 15) is 4.39 Å². The third kappa shape index (κ3) is 3.21. The van der Waals surface area contributed by atoms with Crippen LogP contribution in [0, 0.1) is 5.82 Å². The van der Waals surface area contributed by atoms with Gasteiger partial charge in [-0.1, -0.05) is 0 Å². The van der Waals surface area contributed by atoms with Crippen molar-refractivity contribution in [3.05, 3.63) is 127 Å². The predicted octanol–water partition coefficient (Wildman–Crippen LogP) is 6.17. The minimum atomic E-state index is -3.01. The Balaban J connectivity index is 2.07. The van der Waals surface area contributed by atoms with Crippen molar-refractivity contribution < 1.29 is 4.39 Å². The maximum atomic E-state index is 13.6. The molecule has 0 atom stereocenters. The molecule has 0 aliphatic rings. The second-order valence-corrected chi connectivity index (χ2v) is 15.9. The fraction of sp³-hybridized carbons (Fsp3) is 0.0400. The molecule has 0 aromatic heterocycles. The molecule has 0 aliphatic heterocycles. The van der Waals surface area contributed by atoms with Gasteiger partial charge in [-0.2, -0.15) is 0 Å². The van der Waals surface area contributed by atoms with Crippen LogP contribution in [0.3, 0.4) is 0 Å². The molecule has 0 saturated carbocycles. The first-order valence-corrected chi connectivity index (χ1v) is 13.7. The summed E-state index contributed by atoms with van der Waals surface area (Å²) in [5, 5.41) is 0.771. The van der Waals surface area contributed by atoms with E-state index in [4.69, 9.17) is 0 Å². The van der Waals surface area contributed by atoms with E-state index in [1.165, 1.54) is 15.9 Å². The summed E-state index contributed by atoms with van der Waals surface area (Å²) in [6.45, 7) is 0. The SMILES string of the molecule is Fc1ccc(CP(Br)(c2ccccc2)(c2ccccc2)c2ccccc2)cc1. The molecule has 4 aromatic carbocycles. The van der Waals surface area contributed by atoms with Gasteiger partial charge in [0.15, 0.2) is 0 Å². The van der Waals surface area contributed by atoms with E-state index in [0.717, 1.165) is 11.7 Å². The number of rotatable bonds is 5. The Morgan fingerprint density at radius 2 is 0.893 bits per heavy atom. The van der Waals surface area contributed by atoms with Crippen LogP contribution in [0.5, 0.6) is 0 Å². The molecule has 140 valence electrons. The van der Waals surface area contributed by atoms with Gasteiger partial charge in [0.1, 0.15) is 0 Å². The van der Waals surface area contributed by atoms with Crippen LogP contribution in [0.25, 0.3) is 0 Å². The monoisotopic (exact) mass is 450 g/mol. The van der Waals surface area contributed by atoms with Crippen LogP contribution in [0.15, 0.2) is 115 Å². The quantitative estimate of drug-likeness (QED) is 0.319. The van der Waals surface area contributed by atoms with E-state index in [2.05, 4.69) is 88.3 Å². The van der Waals surface area contributed by atoms with Crippen LogP contribution in [0.4, 0.5) is 4.39 Å². The summed E-state index contributed by atoms with van der Waals surface area (Å²) in [7, 11) is 0. The summed E-state index contributed by atoms with van der Waals surface area (Å²) in [4.78, 5) is 0. The van der Waals surface area contributed by atoms with E-state index in [0.29, 0.717) is 0 Å². The van der Waals surface area contributed by atoms with Crippen molar-refractivity contribution in [1.29, 1.82) is 0 Å². The Hall–Kier alpha value is -2.28. The topological polar surface area (TPSA) is 0 Å². The molecule has 0 bridgehead atoms. The molecule has 0 spiro atoms. The van der Waals surface area contributed by atoms with Gasteiger partial charge in [-0.3, -0.25) is 0 Å². The van der Waals surface area contributed by atoms with E-state index in [1.807, 2.05) is 30.3 Å². The zero-order valence-corrected chi connectivity index (χ0v) is 17.9. The number of halogens is 2. The molecule has 0 nitrogen and oxygen atoms in total. The van der Waals surface area contributed by atoms with Crippen LogP contribution < -0.4 is 15.9 Å². The zero-order valence-electron chi connectivity index (χ0n) is 15.4. The summed E-state index contributed by atoms with van der Waals surface area (Å²) in [5.41, 5.74) is 1.10. The molecule has 0 radical (unpaired) electrons. The number of hydrogen-bond acceptors (Lipinski definition) is 0. The molecule has 4 aromatic rings. The second-order valence-electron chi connectivity index (χ2n) is 6.97. The Morgan fingerprint density at radius 3 is 1.25 bits per heavy atom. The summed E-state index contributed by atoms with van der Waals surface area (Å²) in [5.74, 6) is -0.210. The van der Waals surface area contributed by atoms with Gasteiger partial charge < -0.3 is 0 Å². The Bertz CT molecular complexity index is 949. The van der Waals surface area contributed by atoms with Crippen molar-refractivity contribution >= 4 is 36.7 Å². The first-order valence-electron chi connectivity index (χ1n) is 9.25. The van der Waals surface area contributed by atoms with Gasteiger partial charge in [0.05, 0.1) is 0 Å². The Labute approximate surface area is 173 Å². The number of benzene rings is 4.